The van der Waals surface area contributed by atoms with Gasteiger partial charge in [-0.3, -0.25) is 0 Å². The fraction of sp³-hybridized carbons (Fsp3) is 0.143. The second-order valence-corrected chi connectivity index (χ2v) is 5.26. The van der Waals surface area contributed by atoms with Crippen molar-refractivity contribution in [1.82, 2.24) is 5.32 Å². The van der Waals surface area contributed by atoms with Gasteiger partial charge in [0.2, 0.25) is 0 Å². The highest BCUT2D eigenvalue weighted by molar-refractivity contribution is 9.10. The van der Waals surface area contributed by atoms with Crippen molar-refractivity contribution in [1.29, 1.82) is 0 Å². The van der Waals surface area contributed by atoms with Crippen LogP contribution < -0.4 is 5.32 Å². The Balaban J connectivity index is 1.96. The lowest BCUT2D eigenvalue weighted by molar-refractivity contribution is 0.464. The molecular formula is C14H13BrClNO. The molecular weight excluding hydrogens is 314 g/mol. The van der Waals surface area contributed by atoms with Crippen molar-refractivity contribution in [3.05, 3.63) is 63.1 Å². The van der Waals surface area contributed by atoms with Crippen molar-refractivity contribution in [2.45, 2.75) is 13.1 Å². The molecule has 0 saturated heterocycles. The Morgan fingerprint density at radius 3 is 2.56 bits per heavy atom. The van der Waals surface area contributed by atoms with E-state index in [0.29, 0.717) is 18.8 Å². The number of phenolic OH excluding ortho intramolecular Hbond substituents is 1. The second-order valence-electron chi connectivity index (χ2n) is 3.97. The molecule has 2 aromatic rings. The zero-order valence-electron chi connectivity index (χ0n) is 9.66. The average molecular weight is 327 g/mol. The van der Waals surface area contributed by atoms with E-state index in [0.717, 1.165) is 20.6 Å². The first kappa shape index (κ1) is 13.4. The van der Waals surface area contributed by atoms with Crippen LogP contribution in [0.25, 0.3) is 0 Å². The Morgan fingerprint density at radius 2 is 1.78 bits per heavy atom. The summed E-state index contributed by atoms with van der Waals surface area (Å²) in [6, 6.07) is 13.0. The summed E-state index contributed by atoms with van der Waals surface area (Å²) in [6.07, 6.45) is 0. The highest BCUT2D eigenvalue weighted by Crippen LogP contribution is 2.21. The number of para-hydroxylation sites is 1. The Bertz CT molecular complexity index is 545. The summed E-state index contributed by atoms with van der Waals surface area (Å²) in [5.74, 6) is 0.315. The summed E-state index contributed by atoms with van der Waals surface area (Å²) in [7, 11) is 0. The third kappa shape index (κ3) is 3.48. The van der Waals surface area contributed by atoms with Crippen LogP contribution in [0, 0.1) is 0 Å². The third-order valence-electron chi connectivity index (χ3n) is 2.63. The monoisotopic (exact) mass is 325 g/mol. The fourth-order valence-corrected chi connectivity index (χ4v) is 2.25. The number of hydrogen-bond donors (Lipinski definition) is 2. The lowest BCUT2D eigenvalue weighted by Gasteiger charge is -2.08. The van der Waals surface area contributed by atoms with Crippen LogP contribution >= 0.6 is 27.5 Å². The molecule has 0 aromatic heterocycles. The molecule has 0 heterocycles. The van der Waals surface area contributed by atoms with E-state index in [9.17, 15) is 5.11 Å². The van der Waals surface area contributed by atoms with Crippen LogP contribution in [0.2, 0.25) is 5.02 Å². The van der Waals surface area contributed by atoms with Gasteiger partial charge in [-0.05, 0) is 29.8 Å². The summed E-state index contributed by atoms with van der Waals surface area (Å²) < 4.78 is 1.02. The predicted molar refractivity (Wildman–Crippen MR) is 77.8 cm³/mol. The van der Waals surface area contributed by atoms with E-state index in [4.69, 9.17) is 11.6 Å². The zero-order valence-corrected chi connectivity index (χ0v) is 12.0. The van der Waals surface area contributed by atoms with Crippen LogP contribution in [-0.2, 0) is 13.1 Å². The molecule has 0 aliphatic rings. The molecule has 2 N–H and O–H groups in total. The largest absolute Gasteiger partial charge is 0.508 e. The minimum Gasteiger partial charge on any atom is -0.508 e. The van der Waals surface area contributed by atoms with Crippen LogP contribution in [0.15, 0.2) is 46.9 Å². The van der Waals surface area contributed by atoms with E-state index in [1.165, 1.54) is 0 Å². The standard InChI is InChI=1S/C14H13BrClNO/c15-13-6-5-12(16)7-11(13)9-17-8-10-3-1-2-4-14(10)18/h1-7,17-18H,8-9H2. The van der Waals surface area contributed by atoms with Gasteiger partial charge in [-0.15, -0.1) is 0 Å². The molecule has 0 bridgehead atoms. The van der Waals surface area contributed by atoms with Crippen LogP contribution in [-0.4, -0.2) is 5.11 Å². The van der Waals surface area contributed by atoms with E-state index >= 15 is 0 Å². The lowest BCUT2D eigenvalue weighted by atomic mass is 10.2. The molecule has 2 aromatic carbocycles. The Morgan fingerprint density at radius 1 is 1.06 bits per heavy atom. The fourth-order valence-electron chi connectivity index (χ4n) is 1.67. The van der Waals surface area contributed by atoms with Gasteiger partial charge in [-0.25, -0.2) is 0 Å². The number of halogens is 2. The summed E-state index contributed by atoms with van der Waals surface area (Å²) in [5.41, 5.74) is 1.98. The molecule has 0 aliphatic heterocycles. The van der Waals surface area contributed by atoms with E-state index in [-0.39, 0.29) is 0 Å². The lowest BCUT2D eigenvalue weighted by Crippen LogP contribution is -2.13. The van der Waals surface area contributed by atoms with E-state index in [1.54, 1.807) is 6.07 Å². The SMILES string of the molecule is Oc1ccccc1CNCc1cc(Cl)ccc1Br. The van der Waals surface area contributed by atoms with Crippen LogP contribution in [0.1, 0.15) is 11.1 Å². The quantitative estimate of drug-likeness (QED) is 0.886. The van der Waals surface area contributed by atoms with Gasteiger partial charge in [0, 0.05) is 28.1 Å². The molecule has 0 fully saturated rings. The van der Waals surface area contributed by atoms with Crippen LogP contribution in [0.4, 0.5) is 0 Å². The van der Waals surface area contributed by atoms with Gasteiger partial charge in [0.05, 0.1) is 0 Å². The summed E-state index contributed by atoms with van der Waals surface area (Å²) in [5, 5.41) is 13.6. The molecule has 2 nitrogen and oxygen atoms in total. The normalized spacial score (nSPS) is 10.6. The maximum absolute atomic E-state index is 9.64. The third-order valence-corrected chi connectivity index (χ3v) is 3.64. The minimum atomic E-state index is 0.315. The van der Waals surface area contributed by atoms with E-state index in [2.05, 4.69) is 21.2 Å². The van der Waals surface area contributed by atoms with Gasteiger partial charge in [0.1, 0.15) is 5.75 Å². The number of rotatable bonds is 4. The van der Waals surface area contributed by atoms with Crippen molar-refractivity contribution in [3.63, 3.8) is 0 Å². The van der Waals surface area contributed by atoms with E-state index in [1.807, 2.05) is 36.4 Å². The molecule has 0 radical (unpaired) electrons. The molecule has 0 atom stereocenters. The summed E-state index contributed by atoms with van der Waals surface area (Å²) >= 11 is 9.43. The van der Waals surface area contributed by atoms with Gasteiger partial charge >= 0.3 is 0 Å². The Kier molecular flexibility index (Phi) is 4.64. The van der Waals surface area contributed by atoms with Crippen molar-refractivity contribution in [2.24, 2.45) is 0 Å². The topological polar surface area (TPSA) is 32.3 Å². The highest BCUT2D eigenvalue weighted by atomic mass is 79.9. The van der Waals surface area contributed by atoms with Gasteiger partial charge < -0.3 is 10.4 Å². The predicted octanol–water partition coefficient (Wildman–Crippen LogP) is 4.10. The van der Waals surface area contributed by atoms with Crippen molar-refractivity contribution in [3.8, 4) is 5.75 Å². The van der Waals surface area contributed by atoms with Crippen molar-refractivity contribution >= 4 is 27.5 Å². The molecule has 0 saturated carbocycles. The van der Waals surface area contributed by atoms with E-state index < -0.39 is 0 Å². The smallest absolute Gasteiger partial charge is 0.120 e. The van der Waals surface area contributed by atoms with Crippen molar-refractivity contribution < 1.29 is 5.11 Å². The number of nitrogens with one attached hydrogen (secondary N) is 1. The Labute approximate surface area is 120 Å². The molecule has 0 aliphatic carbocycles. The molecule has 2 rings (SSSR count). The molecule has 0 spiro atoms. The summed E-state index contributed by atoms with van der Waals surface area (Å²) in [4.78, 5) is 0. The second kappa shape index (κ2) is 6.23. The van der Waals surface area contributed by atoms with Gasteiger partial charge in [0.25, 0.3) is 0 Å². The number of hydrogen-bond acceptors (Lipinski definition) is 2. The first-order valence-electron chi connectivity index (χ1n) is 5.58. The van der Waals surface area contributed by atoms with Crippen LogP contribution in [0.3, 0.4) is 0 Å². The maximum atomic E-state index is 9.64. The molecule has 18 heavy (non-hydrogen) atoms. The first-order valence-corrected chi connectivity index (χ1v) is 6.75. The van der Waals surface area contributed by atoms with Crippen molar-refractivity contribution in [2.75, 3.05) is 0 Å². The average Bonchev–Trinajstić information content (AvgIpc) is 2.36. The molecule has 0 unspecified atom stereocenters. The number of aromatic hydroxyl groups is 1. The highest BCUT2D eigenvalue weighted by Gasteiger charge is 2.02. The molecule has 4 heteroatoms. The van der Waals surface area contributed by atoms with Gasteiger partial charge in [0.15, 0.2) is 0 Å². The van der Waals surface area contributed by atoms with Gasteiger partial charge in [-0.2, -0.15) is 0 Å². The maximum Gasteiger partial charge on any atom is 0.120 e. The zero-order chi connectivity index (χ0) is 13.0. The molecule has 0 amide bonds. The summed E-state index contributed by atoms with van der Waals surface area (Å²) in [6.45, 7) is 1.31. The first-order chi connectivity index (χ1) is 8.66. The molecule has 94 valence electrons. The van der Waals surface area contributed by atoms with Gasteiger partial charge in [-0.1, -0.05) is 45.7 Å². The minimum absolute atomic E-state index is 0.315. The number of benzene rings is 2. The number of phenols is 1. The van der Waals surface area contributed by atoms with Crippen LogP contribution in [0.5, 0.6) is 5.75 Å². The Hall–Kier alpha value is -1.03.